The Balaban J connectivity index is 2.83. The van der Waals surface area contributed by atoms with E-state index in [1.165, 1.54) is 0 Å². The van der Waals surface area contributed by atoms with E-state index in [4.69, 9.17) is 5.73 Å². The molecule has 0 aliphatic carbocycles. The van der Waals surface area contributed by atoms with Crippen LogP contribution in [0.2, 0.25) is 0 Å². The molecule has 3 heteroatoms. The van der Waals surface area contributed by atoms with Gasteiger partial charge in [-0.2, -0.15) is 10.2 Å². The van der Waals surface area contributed by atoms with Crippen molar-refractivity contribution in [3.63, 3.8) is 0 Å². The number of fused-ring (bicyclic) bond motifs is 1. The van der Waals surface area contributed by atoms with Crippen molar-refractivity contribution in [3.8, 4) is 0 Å². The van der Waals surface area contributed by atoms with Crippen LogP contribution in [0.25, 0.3) is 10.8 Å². The molecule has 1 heterocycles. The van der Waals surface area contributed by atoms with Crippen LogP contribution in [-0.2, 0) is 0 Å². The van der Waals surface area contributed by atoms with E-state index < -0.39 is 0 Å². The van der Waals surface area contributed by atoms with Gasteiger partial charge in [-0.3, -0.25) is 0 Å². The van der Waals surface area contributed by atoms with Crippen molar-refractivity contribution >= 4 is 16.5 Å². The first-order valence-corrected chi connectivity index (χ1v) is 3.28. The molecule has 0 aliphatic heterocycles. The van der Waals surface area contributed by atoms with Gasteiger partial charge in [0.05, 0.1) is 18.1 Å². The number of nitrogens with zero attached hydrogens (tertiary/aromatic N) is 2. The van der Waals surface area contributed by atoms with Crippen LogP contribution in [-0.4, -0.2) is 10.2 Å². The van der Waals surface area contributed by atoms with E-state index in [-0.39, 0.29) is 0 Å². The number of aromatic nitrogens is 2. The molecule has 0 fully saturated rings. The zero-order valence-corrected chi connectivity index (χ0v) is 5.78. The molecule has 0 saturated carbocycles. The van der Waals surface area contributed by atoms with E-state index >= 15 is 0 Å². The molecule has 0 aliphatic rings. The van der Waals surface area contributed by atoms with Crippen molar-refractivity contribution in [1.82, 2.24) is 15.9 Å². The summed E-state index contributed by atoms with van der Waals surface area (Å²) >= 11 is 0. The summed E-state index contributed by atoms with van der Waals surface area (Å²) in [7, 11) is 0. The number of hydrogen-bond acceptors (Lipinski definition) is 2. The maximum Gasteiger partial charge on any atom is 0.0575 e. The summed E-state index contributed by atoms with van der Waals surface area (Å²) in [6.45, 7) is 0. The van der Waals surface area contributed by atoms with Crippen molar-refractivity contribution in [2.75, 3.05) is 0 Å². The van der Waals surface area contributed by atoms with Gasteiger partial charge >= 0.3 is 0 Å². The highest BCUT2D eigenvalue weighted by Crippen LogP contribution is 2.14. The van der Waals surface area contributed by atoms with Gasteiger partial charge in [0.2, 0.25) is 0 Å². The van der Waals surface area contributed by atoms with Gasteiger partial charge in [0.1, 0.15) is 0 Å². The second-order valence-corrected chi connectivity index (χ2v) is 2.33. The molecule has 53 valence electrons. The number of benzene rings is 1. The average Bonchev–Trinajstić information content (AvgIpc) is 2.04. The van der Waals surface area contributed by atoms with E-state index in [2.05, 4.69) is 10.2 Å². The third kappa shape index (κ3) is 1.00. The Morgan fingerprint density at radius 3 is 2.55 bits per heavy atom. The van der Waals surface area contributed by atoms with Crippen LogP contribution in [0.3, 0.4) is 0 Å². The van der Waals surface area contributed by atoms with Crippen LogP contribution in [0.4, 0.5) is 5.69 Å². The van der Waals surface area contributed by atoms with Gasteiger partial charge in [-0.1, -0.05) is 6.07 Å². The summed E-state index contributed by atoms with van der Waals surface area (Å²) in [6, 6.07) is 5.38. The van der Waals surface area contributed by atoms with E-state index in [1.807, 2.05) is 6.07 Å². The minimum atomic E-state index is 0.505. The van der Waals surface area contributed by atoms with Gasteiger partial charge in [0, 0.05) is 10.8 Å². The lowest BCUT2D eigenvalue weighted by molar-refractivity contribution is 1.05. The molecular formula is C8H6N3. The lowest BCUT2D eigenvalue weighted by Crippen LogP contribution is -1.79. The van der Waals surface area contributed by atoms with Crippen LogP contribution in [0.15, 0.2) is 30.6 Å². The Morgan fingerprint density at radius 1 is 1.00 bits per heavy atom. The Hall–Kier alpha value is -1.64. The Bertz CT molecular complexity index is 384. The van der Waals surface area contributed by atoms with Crippen molar-refractivity contribution < 1.29 is 0 Å². The summed E-state index contributed by atoms with van der Waals surface area (Å²) in [4.78, 5) is 0. The molecule has 0 bridgehead atoms. The molecule has 0 atom stereocenters. The first-order valence-electron chi connectivity index (χ1n) is 3.28. The maximum atomic E-state index is 7.33. The maximum absolute atomic E-state index is 7.33. The lowest BCUT2D eigenvalue weighted by atomic mass is 10.2. The highest BCUT2D eigenvalue weighted by molar-refractivity contribution is 5.83. The second kappa shape index (κ2) is 2.20. The second-order valence-electron chi connectivity index (χ2n) is 2.33. The van der Waals surface area contributed by atoms with Crippen molar-refractivity contribution in [3.05, 3.63) is 30.6 Å². The third-order valence-corrected chi connectivity index (χ3v) is 1.55. The van der Waals surface area contributed by atoms with Crippen LogP contribution in [0, 0.1) is 0 Å². The first-order chi connectivity index (χ1) is 5.36. The summed E-state index contributed by atoms with van der Waals surface area (Å²) < 4.78 is 0. The molecule has 1 N–H and O–H groups in total. The summed E-state index contributed by atoms with van der Waals surface area (Å²) in [6.07, 6.45) is 3.35. The lowest BCUT2D eigenvalue weighted by Gasteiger charge is -1.94. The highest BCUT2D eigenvalue weighted by Gasteiger charge is 1.92. The molecule has 0 saturated heterocycles. The van der Waals surface area contributed by atoms with Gasteiger partial charge < -0.3 is 5.73 Å². The molecular weight excluding hydrogens is 138 g/mol. The topological polar surface area (TPSA) is 49.6 Å². The van der Waals surface area contributed by atoms with Crippen molar-refractivity contribution in [1.29, 1.82) is 0 Å². The largest absolute Gasteiger partial charge is 0.301 e. The molecule has 2 rings (SSSR count). The minimum Gasteiger partial charge on any atom is -0.301 e. The third-order valence-electron chi connectivity index (χ3n) is 1.55. The fraction of sp³-hybridized carbons (Fsp3) is 0. The monoisotopic (exact) mass is 144 g/mol. The summed E-state index contributed by atoms with van der Waals surface area (Å²) in [5, 5.41) is 9.44. The molecule has 1 radical (unpaired) electrons. The molecule has 1 aromatic heterocycles. The predicted molar refractivity (Wildman–Crippen MR) is 42.3 cm³/mol. The average molecular weight is 144 g/mol. The first kappa shape index (κ1) is 6.09. The molecule has 0 unspecified atom stereocenters. The van der Waals surface area contributed by atoms with Crippen molar-refractivity contribution in [2.45, 2.75) is 0 Å². The summed E-state index contributed by atoms with van der Waals surface area (Å²) in [5.74, 6) is 0. The fourth-order valence-electron chi connectivity index (χ4n) is 0.995. The Labute approximate surface area is 63.9 Å². The van der Waals surface area contributed by atoms with E-state index in [1.54, 1.807) is 24.5 Å². The Morgan fingerprint density at radius 2 is 1.73 bits per heavy atom. The number of nitrogens with one attached hydrogen (secondary N) is 1. The molecule has 11 heavy (non-hydrogen) atoms. The molecule has 3 nitrogen and oxygen atoms in total. The van der Waals surface area contributed by atoms with E-state index in [0.717, 1.165) is 10.8 Å². The smallest absolute Gasteiger partial charge is 0.0575 e. The van der Waals surface area contributed by atoms with Crippen LogP contribution >= 0.6 is 0 Å². The molecule has 1 aromatic carbocycles. The predicted octanol–water partition coefficient (Wildman–Crippen LogP) is 1.54. The zero-order valence-electron chi connectivity index (χ0n) is 5.78. The van der Waals surface area contributed by atoms with E-state index in [0.29, 0.717) is 5.69 Å². The number of rotatable bonds is 0. The van der Waals surface area contributed by atoms with E-state index in [9.17, 15) is 0 Å². The molecule has 0 amide bonds. The van der Waals surface area contributed by atoms with Crippen molar-refractivity contribution in [2.24, 2.45) is 0 Å². The molecule has 0 spiro atoms. The van der Waals surface area contributed by atoms with Gasteiger partial charge in [-0.05, 0) is 12.1 Å². The highest BCUT2D eigenvalue weighted by atomic mass is 15.1. The minimum absolute atomic E-state index is 0.505. The normalized spacial score (nSPS) is 10.2. The van der Waals surface area contributed by atoms with Gasteiger partial charge in [-0.15, -0.1) is 0 Å². The van der Waals surface area contributed by atoms with Gasteiger partial charge in [0.25, 0.3) is 0 Å². The quantitative estimate of drug-likeness (QED) is 0.563. The standard InChI is InChI=1S/C8H6N3/c9-8-2-1-6-4-10-11-5-7(6)3-8/h1-5,9H. The van der Waals surface area contributed by atoms with Crippen LogP contribution in [0.5, 0.6) is 0 Å². The number of hydrogen-bond donors (Lipinski definition) is 0. The van der Waals surface area contributed by atoms with Crippen LogP contribution in [0.1, 0.15) is 0 Å². The summed E-state index contributed by atoms with van der Waals surface area (Å²) in [5.41, 5.74) is 7.83. The van der Waals surface area contributed by atoms with Gasteiger partial charge in [0.15, 0.2) is 0 Å². The van der Waals surface area contributed by atoms with Crippen LogP contribution < -0.4 is 5.73 Å². The fourth-order valence-corrected chi connectivity index (χ4v) is 0.995. The Kier molecular flexibility index (Phi) is 1.22. The zero-order chi connectivity index (χ0) is 7.68. The molecule has 2 aromatic rings. The van der Waals surface area contributed by atoms with Gasteiger partial charge in [-0.25, -0.2) is 0 Å². The SMILES string of the molecule is [NH]c1ccc2cnncc2c1.